The Bertz CT molecular complexity index is 1000. The average Bonchev–Trinajstić information content (AvgIpc) is 3.24. The van der Waals surface area contributed by atoms with Crippen molar-refractivity contribution in [3.05, 3.63) is 75.7 Å². The zero-order valence-corrected chi connectivity index (χ0v) is 19.4. The second-order valence-corrected chi connectivity index (χ2v) is 8.62. The molecule has 1 heterocycles. The molecule has 0 fully saturated rings. The van der Waals surface area contributed by atoms with Gasteiger partial charge in [0.05, 0.1) is 19.3 Å². The summed E-state index contributed by atoms with van der Waals surface area (Å²) in [5, 5.41) is 2.91. The first-order valence-electron chi connectivity index (χ1n) is 10.6. The highest BCUT2D eigenvalue weighted by Gasteiger charge is 2.18. The lowest BCUT2D eigenvalue weighted by atomic mass is 10.0. The number of para-hydroxylation sites is 1. The molecule has 0 saturated heterocycles. The van der Waals surface area contributed by atoms with E-state index < -0.39 is 0 Å². The van der Waals surface area contributed by atoms with Crippen molar-refractivity contribution >= 4 is 17.2 Å². The van der Waals surface area contributed by atoms with Gasteiger partial charge in [0.1, 0.15) is 23.1 Å². The lowest BCUT2D eigenvalue weighted by molar-refractivity contribution is 0.0741. The van der Waals surface area contributed by atoms with E-state index >= 15 is 0 Å². The molecule has 2 aromatic carbocycles. The molecule has 1 amide bonds. The van der Waals surface area contributed by atoms with Gasteiger partial charge in [-0.1, -0.05) is 45.0 Å². The molecular formula is C25H30N2O3S. The van der Waals surface area contributed by atoms with E-state index in [1.54, 1.807) is 24.5 Å². The van der Waals surface area contributed by atoms with Gasteiger partial charge in [-0.2, -0.15) is 0 Å². The fourth-order valence-corrected chi connectivity index (χ4v) is 4.07. The Morgan fingerprint density at radius 3 is 2.71 bits per heavy atom. The molecule has 5 nitrogen and oxygen atoms in total. The number of carbonyl (C=O) groups excluding carboxylic acids is 1. The van der Waals surface area contributed by atoms with E-state index in [0.29, 0.717) is 36.9 Å². The molecule has 0 spiro atoms. The van der Waals surface area contributed by atoms with Crippen LogP contribution >= 0.6 is 11.3 Å². The highest BCUT2D eigenvalue weighted by molar-refractivity contribution is 7.09. The van der Waals surface area contributed by atoms with Crippen LogP contribution in [0.5, 0.6) is 11.5 Å². The highest BCUT2D eigenvalue weighted by Crippen LogP contribution is 2.27. The summed E-state index contributed by atoms with van der Waals surface area (Å²) >= 11 is 1.56. The van der Waals surface area contributed by atoms with Crippen molar-refractivity contribution in [1.82, 2.24) is 9.88 Å². The molecule has 0 aliphatic rings. The van der Waals surface area contributed by atoms with Gasteiger partial charge in [0.15, 0.2) is 0 Å². The van der Waals surface area contributed by atoms with Gasteiger partial charge in [-0.3, -0.25) is 4.79 Å². The first kappa shape index (κ1) is 22.8. The molecule has 0 bridgehead atoms. The minimum Gasteiger partial charge on any atom is -0.497 e. The summed E-state index contributed by atoms with van der Waals surface area (Å²) in [5.74, 6) is 1.96. The third kappa shape index (κ3) is 6.07. The first-order chi connectivity index (χ1) is 15.0. The van der Waals surface area contributed by atoms with E-state index in [9.17, 15) is 4.79 Å². The lowest BCUT2D eigenvalue weighted by Crippen LogP contribution is -2.31. The summed E-state index contributed by atoms with van der Waals surface area (Å²) in [4.78, 5) is 19.6. The maximum Gasteiger partial charge on any atom is 0.254 e. The van der Waals surface area contributed by atoms with Crippen LogP contribution < -0.4 is 9.47 Å². The van der Waals surface area contributed by atoms with E-state index in [-0.39, 0.29) is 5.91 Å². The molecule has 0 radical (unpaired) electrons. The smallest absolute Gasteiger partial charge is 0.254 e. The minimum atomic E-state index is -0.0163. The standard InChI is InChI=1S/C25H30N2O3S/c1-5-13-27(25(28)19-9-8-10-21(14-19)29-4)15-20-17-31-24(26-20)16-30-23-12-7-6-11-22(23)18(2)3/h6-12,14,17-18H,5,13,15-16H2,1-4H3. The fourth-order valence-electron chi connectivity index (χ4n) is 3.37. The summed E-state index contributed by atoms with van der Waals surface area (Å²) in [6.45, 7) is 7.95. The number of carbonyl (C=O) groups is 1. The molecule has 0 unspecified atom stereocenters. The van der Waals surface area contributed by atoms with Gasteiger partial charge in [-0.05, 0) is 42.2 Å². The Morgan fingerprint density at radius 1 is 1.16 bits per heavy atom. The molecule has 0 saturated carbocycles. The molecule has 0 aliphatic carbocycles. The summed E-state index contributed by atoms with van der Waals surface area (Å²) in [7, 11) is 1.60. The fraction of sp³-hybridized carbons (Fsp3) is 0.360. The summed E-state index contributed by atoms with van der Waals surface area (Å²) < 4.78 is 11.3. The topological polar surface area (TPSA) is 51.7 Å². The second-order valence-electron chi connectivity index (χ2n) is 7.67. The number of nitrogens with zero attached hydrogens (tertiary/aromatic N) is 2. The van der Waals surface area contributed by atoms with Crippen molar-refractivity contribution in [2.45, 2.75) is 46.3 Å². The normalized spacial score (nSPS) is 10.9. The van der Waals surface area contributed by atoms with Crippen LogP contribution in [0.2, 0.25) is 0 Å². The number of hydrogen-bond acceptors (Lipinski definition) is 5. The van der Waals surface area contributed by atoms with Crippen molar-refractivity contribution in [3.63, 3.8) is 0 Å². The Hall–Kier alpha value is -2.86. The predicted molar refractivity (Wildman–Crippen MR) is 125 cm³/mol. The number of ether oxygens (including phenoxy) is 2. The van der Waals surface area contributed by atoms with Crippen LogP contribution in [0.4, 0.5) is 0 Å². The number of hydrogen-bond donors (Lipinski definition) is 0. The van der Waals surface area contributed by atoms with E-state index in [2.05, 4.69) is 26.8 Å². The van der Waals surface area contributed by atoms with Crippen LogP contribution in [0.25, 0.3) is 0 Å². The quantitative estimate of drug-likeness (QED) is 0.395. The molecule has 0 aliphatic heterocycles. The Morgan fingerprint density at radius 2 is 1.97 bits per heavy atom. The van der Waals surface area contributed by atoms with Gasteiger partial charge in [-0.15, -0.1) is 11.3 Å². The number of amides is 1. The summed E-state index contributed by atoms with van der Waals surface area (Å²) in [6, 6.07) is 15.4. The van der Waals surface area contributed by atoms with Crippen LogP contribution in [-0.4, -0.2) is 29.4 Å². The van der Waals surface area contributed by atoms with Gasteiger partial charge >= 0.3 is 0 Å². The summed E-state index contributed by atoms with van der Waals surface area (Å²) in [6.07, 6.45) is 0.877. The largest absolute Gasteiger partial charge is 0.497 e. The number of benzene rings is 2. The molecule has 1 aromatic heterocycles. The number of rotatable bonds is 10. The molecule has 31 heavy (non-hydrogen) atoms. The molecule has 3 rings (SSSR count). The summed E-state index contributed by atoms with van der Waals surface area (Å²) in [5.41, 5.74) is 2.69. The maximum atomic E-state index is 13.0. The van der Waals surface area contributed by atoms with E-state index in [1.807, 2.05) is 46.7 Å². The van der Waals surface area contributed by atoms with Crippen molar-refractivity contribution in [1.29, 1.82) is 0 Å². The Balaban J connectivity index is 1.67. The minimum absolute atomic E-state index is 0.0163. The number of methoxy groups -OCH3 is 1. The zero-order valence-electron chi connectivity index (χ0n) is 18.6. The van der Waals surface area contributed by atoms with E-state index in [0.717, 1.165) is 22.9 Å². The van der Waals surface area contributed by atoms with Gasteiger partial charge in [0.25, 0.3) is 5.91 Å². The maximum absolute atomic E-state index is 13.0. The Labute approximate surface area is 188 Å². The Kier molecular flexibility index (Phi) is 8.06. The first-order valence-corrected chi connectivity index (χ1v) is 11.5. The van der Waals surface area contributed by atoms with Crippen molar-refractivity contribution < 1.29 is 14.3 Å². The van der Waals surface area contributed by atoms with Crippen LogP contribution in [0.1, 0.15) is 59.7 Å². The molecule has 6 heteroatoms. The molecule has 164 valence electrons. The van der Waals surface area contributed by atoms with Gasteiger partial charge < -0.3 is 14.4 Å². The van der Waals surface area contributed by atoms with Gasteiger partial charge in [0, 0.05) is 17.5 Å². The molecule has 0 N–H and O–H groups in total. The third-order valence-corrected chi connectivity index (χ3v) is 5.81. The van der Waals surface area contributed by atoms with Crippen LogP contribution in [0.15, 0.2) is 53.9 Å². The van der Waals surface area contributed by atoms with E-state index in [4.69, 9.17) is 14.5 Å². The number of thiazole rings is 1. The second kappa shape index (κ2) is 11.0. The molecule has 0 atom stereocenters. The van der Waals surface area contributed by atoms with Crippen molar-refractivity contribution in [2.24, 2.45) is 0 Å². The highest BCUT2D eigenvalue weighted by atomic mass is 32.1. The zero-order chi connectivity index (χ0) is 22.2. The van der Waals surface area contributed by atoms with Crippen molar-refractivity contribution in [3.8, 4) is 11.5 Å². The van der Waals surface area contributed by atoms with Crippen molar-refractivity contribution in [2.75, 3.05) is 13.7 Å². The van der Waals surface area contributed by atoms with E-state index in [1.165, 1.54) is 5.56 Å². The van der Waals surface area contributed by atoms with Crippen LogP contribution in [0.3, 0.4) is 0 Å². The molecular weight excluding hydrogens is 408 g/mol. The SMILES string of the molecule is CCCN(Cc1csc(COc2ccccc2C(C)C)n1)C(=O)c1cccc(OC)c1. The predicted octanol–water partition coefficient (Wildman–Crippen LogP) is 5.91. The average molecular weight is 439 g/mol. The molecule has 3 aromatic rings. The van der Waals surface area contributed by atoms with Gasteiger partial charge in [-0.25, -0.2) is 4.98 Å². The monoisotopic (exact) mass is 438 g/mol. The van der Waals surface area contributed by atoms with Gasteiger partial charge in [0.2, 0.25) is 0 Å². The van der Waals surface area contributed by atoms with Crippen LogP contribution in [-0.2, 0) is 13.2 Å². The lowest BCUT2D eigenvalue weighted by Gasteiger charge is -2.21. The number of aromatic nitrogens is 1. The third-order valence-electron chi connectivity index (χ3n) is 4.94. The van der Waals surface area contributed by atoms with Crippen LogP contribution in [0, 0.1) is 0 Å².